The lowest BCUT2D eigenvalue weighted by molar-refractivity contribution is 0.957. The Morgan fingerprint density at radius 2 is 0.912 bits per heavy atom. The molecule has 0 radical (unpaired) electrons. The fraction of sp³-hybridized carbons (Fsp3) is 0.0606. The lowest BCUT2D eigenvalue weighted by atomic mass is 9.85. The van der Waals surface area contributed by atoms with E-state index in [-0.39, 0.29) is 0 Å². The molecule has 5 aromatic carbocycles. The van der Waals surface area contributed by atoms with Gasteiger partial charge in [0.15, 0.2) is 0 Å². The summed E-state index contributed by atoms with van der Waals surface area (Å²) in [6, 6.07) is 41.7. The van der Waals surface area contributed by atoms with Crippen LogP contribution in [0.2, 0.25) is 0 Å². The molecule has 0 spiro atoms. The van der Waals surface area contributed by atoms with Crippen molar-refractivity contribution in [3.63, 3.8) is 0 Å². The summed E-state index contributed by atoms with van der Waals surface area (Å²) in [5, 5.41) is 5.21. The molecule has 34 heavy (non-hydrogen) atoms. The van der Waals surface area contributed by atoms with E-state index in [0.717, 1.165) is 12.8 Å². The standard InChI is InChI=1S/C33H25N/c1-3-9-26(10-4-1)32-28-13-7-8-14-29(28)33(27-11-5-2-6-12-27)31-23-25(17-18-30(31)32)16-15-24-19-21-34-22-20-24/h1-14,17-23H,15-16H2. The van der Waals surface area contributed by atoms with Crippen molar-refractivity contribution < 1.29 is 0 Å². The topological polar surface area (TPSA) is 12.9 Å². The van der Waals surface area contributed by atoms with Gasteiger partial charge >= 0.3 is 0 Å². The van der Waals surface area contributed by atoms with Crippen LogP contribution in [-0.4, -0.2) is 4.98 Å². The van der Waals surface area contributed by atoms with E-state index in [2.05, 4.69) is 120 Å². The number of aromatic nitrogens is 1. The first kappa shape index (κ1) is 20.4. The highest BCUT2D eigenvalue weighted by Gasteiger charge is 2.16. The third kappa shape index (κ3) is 3.76. The van der Waals surface area contributed by atoms with Crippen molar-refractivity contribution in [3.05, 3.63) is 139 Å². The summed E-state index contributed by atoms with van der Waals surface area (Å²) in [5.74, 6) is 0. The van der Waals surface area contributed by atoms with Crippen molar-refractivity contribution in [2.24, 2.45) is 0 Å². The molecular formula is C33H25N. The fourth-order valence-electron chi connectivity index (χ4n) is 5.05. The van der Waals surface area contributed by atoms with Gasteiger partial charge in [0.25, 0.3) is 0 Å². The number of benzene rings is 5. The van der Waals surface area contributed by atoms with Crippen LogP contribution >= 0.6 is 0 Å². The monoisotopic (exact) mass is 435 g/mol. The first-order valence-corrected chi connectivity index (χ1v) is 11.9. The van der Waals surface area contributed by atoms with Crippen LogP contribution in [-0.2, 0) is 12.8 Å². The van der Waals surface area contributed by atoms with Crippen molar-refractivity contribution in [2.45, 2.75) is 12.8 Å². The molecule has 0 saturated heterocycles. The number of hydrogen-bond donors (Lipinski definition) is 0. The molecule has 0 aliphatic rings. The fourth-order valence-corrected chi connectivity index (χ4v) is 5.05. The van der Waals surface area contributed by atoms with Gasteiger partial charge in [0, 0.05) is 12.4 Å². The van der Waals surface area contributed by atoms with Crippen LogP contribution in [0.15, 0.2) is 128 Å². The van der Waals surface area contributed by atoms with E-state index in [9.17, 15) is 0 Å². The van der Waals surface area contributed by atoms with Gasteiger partial charge < -0.3 is 0 Å². The molecule has 0 saturated carbocycles. The number of nitrogens with zero attached hydrogens (tertiary/aromatic N) is 1. The number of pyridine rings is 1. The maximum atomic E-state index is 4.15. The highest BCUT2D eigenvalue weighted by molar-refractivity contribution is 6.21. The molecular weight excluding hydrogens is 410 g/mol. The summed E-state index contributed by atoms with van der Waals surface area (Å²) in [4.78, 5) is 4.15. The van der Waals surface area contributed by atoms with Gasteiger partial charge in [-0.2, -0.15) is 0 Å². The van der Waals surface area contributed by atoms with Gasteiger partial charge in [-0.3, -0.25) is 4.98 Å². The Bertz CT molecular complexity index is 1570. The minimum absolute atomic E-state index is 1.00. The maximum Gasteiger partial charge on any atom is 0.0270 e. The van der Waals surface area contributed by atoms with E-state index in [1.54, 1.807) is 0 Å². The summed E-state index contributed by atoms with van der Waals surface area (Å²) in [6.07, 6.45) is 5.76. The number of rotatable bonds is 5. The minimum Gasteiger partial charge on any atom is -0.265 e. The first-order chi connectivity index (χ1) is 16.9. The molecule has 0 unspecified atom stereocenters. The quantitative estimate of drug-likeness (QED) is 0.247. The van der Waals surface area contributed by atoms with Crippen LogP contribution in [0.3, 0.4) is 0 Å². The summed E-state index contributed by atoms with van der Waals surface area (Å²) < 4.78 is 0. The Kier molecular flexibility index (Phi) is 5.37. The second-order valence-electron chi connectivity index (χ2n) is 8.76. The van der Waals surface area contributed by atoms with Crippen LogP contribution < -0.4 is 0 Å². The van der Waals surface area contributed by atoms with Crippen molar-refractivity contribution in [2.75, 3.05) is 0 Å². The van der Waals surface area contributed by atoms with Gasteiger partial charge in [-0.15, -0.1) is 0 Å². The van der Waals surface area contributed by atoms with E-state index in [1.165, 1.54) is 54.9 Å². The van der Waals surface area contributed by atoms with E-state index >= 15 is 0 Å². The molecule has 0 aliphatic heterocycles. The van der Waals surface area contributed by atoms with Crippen molar-refractivity contribution in [1.82, 2.24) is 4.98 Å². The first-order valence-electron chi connectivity index (χ1n) is 11.9. The Morgan fingerprint density at radius 1 is 0.412 bits per heavy atom. The highest BCUT2D eigenvalue weighted by Crippen LogP contribution is 2.43. The van der Waals surface area contributed by atoms with E-state index < -0.39 is 0 Å². The van der Waals surface area contributed by atoms with Crippen molar-refractivity contribution >= 4 is 21.5 Å². The Balaban J connectivity index is 1.62. The van der Waals surface area contributed by atoms with E-state index in [1.807, 2.05) is 12.4 Å². The third-order valence-electron chi connectivity index (χ3n) is 6.67. The summed E-state index contributed by atoms with van der Waals surface area (Å²) in [5.41, 5.74) is 7.82. The molecule has 0 N–H and O–H groups in total. The molecule has 0 atom stereocenters. The second-order valence-corrected chi connectivity index (χ2v) is 8.76. The summed E-state index contributed by atoms with van der Waals surface area (Å²) in [7, 11) is 0. The third-order valence-corrected chi connectivity index (χ3v) is 6.67. The van der Waals surface area contributed by atoms with Gasteiger partial charge in [0.1, 0.15) is 0 Å². The average Bonchev–Trinajstić information content (AvgIpc) is 2.92. The summed E-state index contributed by atoms with van der Waals surface area (Å²) in [6.45, 7) is 0. The maximum absolute atomic E-state index is 4.15. The molecule has 0 aliphatic carbocycles. The number of fused-ring (bicyclic) bond motifs is 2. The SMILES string of the molecule is c1ccc(-c2c3ccccc3c(-c3ccccc3)c3cc(CCc4ccncc4)ccc23)cc1. The largest absolute Gasteiger partial charge is 0.265 e. The number of hydrogen-bond acceptors (Lipinski definition) is 1. The zero-order valence-corrected chi connectivity index (χ0v) is 19.0. The van der Waals surface area contributed by atoms with Gasteiger partial charge in [0.2, 0.25) is 0 Å². The second kappa shape index (κ2) is 8.96. The van der Waals surface area contributed by atoms with Crippen LogP contribution in [0, 0.1) is 0 Å². The zero-order chi connectivity index (χ0) is 22.7. The van der Waals surface area contributed by atoms with Crippen molar-refractivity contribution in [1.29, 1.82) is 0 Å². The molecule has 0 bridgehead atoms. The smallest absolute Gasteiger partial charge is 0.0270 e. The lowest BCUT2D eigenvalue weighted by Crippen LogP contribution is -1.94. The molecule has 6 aromatic rings. The molecule has 162 valence electrons. The Morgan fingerprint density at radius 3 is 1.53 bits per heavy atom. The number of aryl methyl sites for hydroxylation is 2. The molecule has 0 fully saturated rings. The lowest BCUT2D eigenvalue weighted by Gasteiger charge is -2.18. The molecule has 1 heterocycles. The molecule has 1 heteroatoms. The normalized spacial score (nSPS) is 11.2. The van der Waals surface area contributed by atoms with E-state index in [0.29, 0.717) is 0 Å². The van der Waals surface area contributed by atoms with Gasteiger partial charge in [-0.05, 0) is 79.9 Å². The zero-order valence-electron chi connectivity index (χ0n) is 19.0. The summed E-state index contributed by atoms with van der Waals surface area (Å²) >= 11 is 0. The average molecular weight is 436 g/mol. The predicted octanol–water partition coefficient (Wildman–Crippen LogP) is 8.51. The Hall–Kier alpha value is -4.23. The van der Waals surface area contributed by atoms with Crippen LogP contribution in [0.1, 0.15) is 11.1 Å². The highest BCUT2D eigenvalue weighted by atomic mass is 14.6. The molecule has 1 aromatic heterocycles. The van der Waals surface area contributed by atoms with Gasteiger partial charge in [-0.1, -0.05) is 103 Å². The predicted molar refractivity (Wildman–Crippen MR) is 144 cm³/mol. The molecule has 0 amide bonds. The van der Waals surface area contributed by atoms with Crippen molar-refractivity contribution in [3.8, 4) is 22.3 Å². The molecule has 6 rings (SSSR count). The van der Waals surface area contributed by atoms with Crippen LogP contribution in [0.5, 0.6) is 0 Å². The van der Waals surface area contributed by atoms with E-state index in [4.69, 9.17) is 0 Å². The van der Waals surface area contributed by atoms with Gasteiger partial charge in [-0.25, -0.2) is 0 Å². The van der Waals surface area contributed by atoms with Gasteiger partial charge in [0.05, 0.1) is 0 Å². The van der Waals surface area contributed by atoms with Crippen LogP contribution in [0.4, 0.5) is 0 Å². The minimum atomic E-state index is 1.00. The van der Waals surface area contributed by atoms with Crippen LogP contribution in [0.25, 0.3) is 43.8 Å². The Labute approximate surface area is 200 Å². The molecule has 1 nitrogen and oxygen atoms in total.